The number of carboxylic acid groups (broad SMARTS) is 2. The Morgan fingerprint density at radius 3 is 2.00 bits per heavy atom. The SMILES string of the molecule is CN(C)CC1CN(C(=N)N)N=C1c1ccc(F)cc1OCc1ccccc1.O=C(O)C(F)(F)F.O=C(O)C(F)(F)F. The van der Waals surface area contributed by atoms with Crippen molar-refractivity contribution in [3.63, 3.8) is 0 Å². The fourth-order valence-corrected chi connectivity index (χ4v) is 3.12. The van der Waals surface area contributed by atoms with Crippen LogP contribution < -0.4 is 10.5 Å². The molecule has 0 saturated heterocycles. The number of hydrogen-bond donors (Lipinski definition) is 4. The third-order valence-electron chi connectivity index (χ3n) is 4.81. The number of hydrogen-bond acceptors (Lipinski definition) is 6. The fraction of sp³-hybridized carbons (Fsp3) is 0.333. The molecule has 0 saturated carbocycles. The largest absolute Gasteiger partial charge is 0.490 e. The van der Waals surface area contributed by atoms with Crippen molar-refractivity contribution >= 4 is 23.6 Å². The molecule has 0 bridgehead atoms. The second kappa shape index (κ2) is 14.8. The van der Waals surface area contributed by atoms with Gasteiger partial charge in [-0.3, -0.25) is 5.41 Å². The van der Waals surface area contributed by atoms with E-state index in [4.69, 9.17) is 35.7 Å². The lowest BCUT2D eigenvalue weighted by molar-refractivity contribution is -0.193. The third kappa shape index (κ3) is 12.1. The number of nitrogens with one attached hydrogen (secondary N) is 1. The van der Waals surface area contributed by atoms with E-state index in [1.807, 2.05) is 44.4 Å². The summed E-state index contributed by atoms with van der Waals surface area (Å²) in [5, 5.41) is 27.9. The van der Waals surface area contributed by atoms with Crippen LogP contribution in [0.4, 0.5) is 30.7 Å². The van der Waals surface area contributed by atoms with Crippen LogP contribution in [0.2, 0.25) is 0 Å². The predicted octanol–water partition coefficient (Wildman–Crippen LogP) is 3.76. The first-order chi connectivity index (χ1) is 18.8. The van der Waals surface area contributed by atoms with E-state index in [1.165, 1.54) is 17.1 Å². The average molecular weight is 597 g/mol. The molecule has 1 atom stereocenters. The van der Waals surface area contributed by atoms with E-state index in [-0.39, 0.29) is 17.7 Å². The fourth-order valence-electron chi connectivity index (χ4n) is 3.12. The molecule has 1 aliphatic heterocycles. The first-order valence-corrected chi connectivity index (χ1v) is 11.2. The van der Waals surface area contributed by atoms with Gasteiger partial charge >= 0.3 is 24.3 Å². The topological polar surface area (TPSA) is 153 Å². The van der Waals surface area contributed by atoms with Crippen LogP contribution in [-0.2, 0) is 16.2 Å². The van der Waals surface area contributed by atoms with E-state index in [0.717, 1.165) is 23.4 Å². The molecular weight excluding hydrogens is 571 g/mol. The summed E-state index contributed by atoms with van der Waals surface area (Å²) >= 11 is 0. The van der Waals surface area contributed by atoms with Gasteiger partial charge in [-0.1, -0.05) is 30.3 Å². The van der Waals surface area contributed by atoms with Crippen LogP contribution in [0.3, 0.4) is 0 Å². The Hall–Kier alpha value is -4.41. The summed E-state index contributed by atoms with van der Waals surface area (Å²) in [5.41, 5.74) is 8.10. The third-order valence-corrected chi connectivity index (χ3v) is 4.81. The minimum atomic E-state index is -5.08. The molecule has 226 valence electrons. The van der Waals surface area contributed by atoms with Gasteiger partial charge in [0.05, 0.1) is 12.3 Å². The Bertz CT molecular complexity index is 1200. The molecule has 0 radical (unpaired) electrons. The Kier molecular flexibility index (Phi) is 12.5. The van der Waals surface area contributed by atoms with E-state index in [9.17, 15) is 30.7 Å². The van der Waals surface area contributed by atoms with E-state index in [0.29, 0.717) is 18.9 Å². The van der Waals surface area contributed by atoms with Gasteiger partial charge in [-0.05, 0) is 31.8 Å². The van der Waals surface area contributed by atoms with E-state index in [2.05, 4.69) is 10.0 Å². The molecular formula is C24H26F7N5O5. The highest BCUT2D eigenvalue weighted by molar-refractivity contribution is 6.06. The number of aliphatic carboxylic acids is 2. The Morgan fingerprint density at radius 2 is 1.56 bits per heavy atom. The van der Waals surface area contributed by atoms with Crippen LogP contribution in [0.5, 0.6) is 5.75 Å². The normalized spacial score (nSPS) is 14.7. The number of carboxylic acids is 2. The zero-order chi connectivity index (χ0) is 31.5. The van der Waals surface area contributed by atoms with E-state index < -0.39 is 24.3 Å². The number of benzene rings is 2. The molecule has 1 aliphatic rings. The number of carbonyl (C=O) groups is 2. The van der Waals surface area contributed by atoms with E-state index >= 15 is 0 Å². The van der Waals surface area contributed by atoms with Gasteiger partial charge in [0.2, 0.25) is 5.96 Å². The summed E-state index contributed by atoms with van der Waals surface area (Å²) in [7, 11) is 3.96. The summed E-state index contributed by atoms with van der Waals surface area (Å²) in [4.78, 5) is 19.8. The van der Waals surface area contributed by atoms with Crippen LogP contribution in [0, 0.1) is 17.1 Å². The highest BCUT2D eigenvalue weighted by atomic mass is 19.4. The van der Waals surface area contributed by atoms with Crippen LogP contribution in [0.1, 0.15) is 11.1 Å². The molecule has 0 spiro atoms. The van der Waals surface area contributed by atoms with Gasteiger partial charge in [-0.25, -0.2) is 19.0 Å². The number of ether oxygens (including phenoxy) is 1. The first kappa shape index (κ1) is 34.6. The van der Waals surface area contributed by atoms with Gasteiger partial charge in [-0.15, -0.1) is 0 Å². The van der Waals surface area contributed by atoms with Gasteiger partial charge in [0, 0.05) is 24.1 Å². The summed E-state index contributed by atoms with van der Waals surface area (Å²) in [6, 6.07) is 14.2. The van der Waals surface area contributed by atoms with E-state index in [1.54, 1.807) is 6.07 Å². The summed E-state index contributed by atoms with van der Waals surface area (Å²) < 4.78 is 83.3. The summed E-state index contributed by atoms with van der Waals surface area (Å²) in [6.45, 7) is 1.58. The molecule has 0 amide bonds. The molecule has 1 heterocycles. The van der Waals surface area contributed by atoms with Crippen molar-refractivity contribution in [1.29, 1.82) is 5.41 Å². The Balaban J connectivity index is 0.000000497. The molecule has 17 heteroatoms. The summed E-state index contributed by atoms with van der Waals surface area (Å²) in [5.74, 6) is -5.52. The lowest BCUT2D eigenvalue weighted by Crippen LogP contribution is -2.35. The molecule has 2 aromatic carbocycles. The zero-order valence-corrected chi connectivity index (χ0v) is 21.5. The molecule has 5 N–H and O–H groups in total. The number of halogens is 7. The molecule has 0 fully saturated rings. The molecule has 2 aromatic rings. The second-order valence-corrected chi connectivity index (χ2v) is 8.43. The molecule has 1 unspecified atom stereocenters. The monoisotopic (exact) mass is 597 g/mol. The maximum absolute atomic E-state index is 13.9. The lowest BCUT2D eigenvalue weighted by Gasteiger charge is -2.19. The Labute approximate surface area is 228 Å². The number of guanidine groups is 1. The van der Waals surface area contributed by atoms with Gasteiger partial charge in [0.15, 0.2) is 0 Å². The highest BCUT2D eigenvalue weighted by Gasteiger charge is 2.39. The van der Waals surface area contributed by atoms with Crippen LogP contribution in [0.25, 0.3) is 0 Å². The number of rotatable bonds is 6. The van der Waals surface area contributed by atoms with Crippen molar-refractivity contribution < 1.29 is 55.3 Å². The number of nitrogens with zero attached hydrogens (tertiary/aromatic N) is 3. The Morgan fingerprint density at radius 1 is 1.05 bits per heavy atom. The van der Waals surface area contributed by atoms with Gasteiger partial charge in [0.25, 0.3) is 0 Å². The van der Waals surface area contributed by atoms with Gasteiger partial charge < -0.3 is 25.6 Å². The van der Waals surface area contributed by atoms with Crippen molar-refractivity contribution in [3.05, 3.63) is 65.5 Å². The lowest BCUT2D eigenvalue weighted by atomic mass is 9.96. The summed E-state index contributed by atoms with van der Waals surface area (Å²) in [6.07, 6.45) is -10.2. The minimum absolute atomic E-state index is 0.0356. The maximum Gasteiger partial charge on any atom is 0.490 e. The predicted molar refractivity (Wildman–Crippen MR) is 132 cm³/mol. The quantitative estimate of drug-likeness (QED) is 0.223. The number of alkyl halides is 6. The highest BCUT2D eigenvalue weighted by Crippen LogP contribution is 2.28. The van der Waals surface area contributed by atoms with Crippen molar-refractivity contribution in [2.24, 2.45) is 16.8 Å². The maximum atomic E-state index is 13.9. The van der Waals surface area contributed by atoms with Crippen LogP contribution in [0.15, 0.2) is 53.6 Å². The number of nitrogens with two attached hydrogens (primary N) is 1. The van der Waals surface area contributed by atoms with Crippen molar-refractivity contribution in [1.82, 2.24) is 9.91 Å². The van der Waals surface area contributed by atoms with Crippen LogP contribution >= 0.6 is 0 Å². The molecule has 0 aliphatic carbocycles. The van der Waals surface area contributed by atoms with Gasteiger partial charge in [-0.2, -0.15) is 31.4 Å². The molecule has 41 heavy (non-hydrogen) atoms. The standard InChI is InChI=1S/C20H24FN5O.2C2HF3O2/c1-25(2)11-15-12-26(20(22)23)24-19(15)17-9-8-16(21)10-18(17)27-13-14-6-4-3-5-7-14;2*3-2(4,5)1(6)7/h3-10,15H,11-13H2,1-2H3,(H3,22,23);2*(H,6,7). The molecule has 10 nitrogen and oxygen atoms in total. The van der Waals surface area contributed by atoms with Crippen molar-refractivity contribution in [2.45, 2.75) is 19.0 Å². The molecule has 3 rings (SSSR count). The minimum Gasteiger partial charge on any atom is -0.488 e. The number of hydrazone groups is 1. The van der Waals surface area contributed by atoms with Crippen molar-refractivity contribution in [3.8, 4) is 5.75 Å². The molecule has 0 aromatic heterocycles. The second-order valence-electron chi connectivity index (χ2n) is 8.43. The van der Waals surface area contributed by atoms with Crippen molar-refractivity contribution in [2.75, 3.05) is 27.2 Å². The van der Waals surface area contributed by atoms with Gasteiger partial charge in [0.1, 0.15) is 18.2 Å². The zero-order valence-electron chi connectivity index (χ0n) is 21.5. The van der Waals surface area contributed by atoms with Crippen LogP contribution in [-0.4, -0.2) is 83.3 Å². The smallest absolute Gasteiger partial charge is 0.488 e. The average Bonchev–Trinajstić information content (AvgIpc) is 3.26. The first-order valence-electron chi connectivity index (χ1n) is 11.2.